The second-order valence-corrected chi connectivity index (χ2v) is 9.93. The van der Waals surface area contributed by atoms with Crippen LogP contribution in [0.1, 0.15) is 35.3 Å². The number of carbonyl (C=O) groups is 1. The van der Waals surface area contributed by atoms with E-state index in [1.165, 1.54) is 38.1 Å². The van der Waals surface area contributed by atoms with Crippen LogP contribution in [0.5, 0.6) is 5.75 Å². The molecule has 0 bridgehead atoms. The molecule has 0 aliphatic carbocycles. The Morgan fingerprint density at radius 2 is 2.00 bits per heavy atom. The lowest BCUT2D eigenvalue weighted by Crippen LogP contribution is -2.37. The SMILES string of the molecule is [2H]C([2H])(O[P@@](=O)(N[C@@H](C)C(=O)OC(C)C)Oc1ccccc1)[C@@H]1O[C@H](n2cc(C)c(=O)[nH]c2=O)[C@H](F)C1O. The highest BCUT2D eigenvalue weighted by molar-refractivity contribution is 7.52. The van der Waals surface area contributed by atoms with E-state index < -0.39 is 68.3 Å². The number of esters is 1. The molecule has 12 nitrogen and oxygen atoms in total. The summed E-state index contributed by atoms with van der Waals surface area (Å²) in [6.07, 6.45) is -8.01. The Morgan fingerprint density at radius 3 is 2.64 bits per heavy atom. The van der Waals surface area contributed by atoms with Gasteiger partial charge in [0.2, 0.25) is 0 Å². The predicted molar refractivity (Wildman–Crippen MR) is 125 cm³/mol. The van der Waals surface area contributed by atoms with Crippen LogP contribution in [-0.4, -0.2) is 57.7 Å². The Labute approximate surface area is 208 Å². The van der Waals surface area contributed by atoms with E-state index in [1.807, 2.05) is 4.98 Å². The number of halogens is 1. The number of hydrogen-bond acceptors (Lipinski definition) is 9. The van der Waals surface area contributed by atoms with Crippen molar-refractivity contribution in [3.05, 3.63) is 62.9 Å². The lowest BCUT2D eigenvalue weighted by atomic mass is 10.1. The van der Waals surface area contributed by atoms with Crippen LogP contribution < -0.4 is 20.9 Å². The standard InChI is InChI=1S/C22H29FN3O9P/c1-12(2)33-21(29)14(4)25-36(31,35-15-8-6-5-7-9-15)32-11-16-18(27)17(23)20(34-16)26-10-13(3)19(28)24-22(26)30/h5-10,12,14,16-18,20,27H,11H2,1-4H3,(H,25,31)(H,24,28,30)/t14-,16-,17+,18?,20-,36-/m0/s1/i11D2. The molecule has 0 radical (unpaired) electrons. The number of aryl methyl sites for hydroxylation is 1. The molecule has 1 aromatic carbocycles. The van der Waals surface area contributed by atoms with E-state index in [4.69, 9.17) is 21.3 Å². The van der Waals surface area contributed by atoms with Gasteiger partial charge in [0.15, 0.2) is 12.4 Å². The van der Waals surface area contributed by atoms with Gasteiger partial charge in [0.25, 0.3) is 5.56 Å². The lowest BCUT2D eigenvalue weighted by molar-refractivity contribution is -0.149. The molecule has 2 aromatic rings. The molecule has 1 unspecified atom stereocenters. The predicted octanol–water partition coefficient (Wildman–Crippen LogP) is 1.57. The summed E-state index contributed by atoms with van der Waals surface area (Å²) in [6.45, 7) is 2.62. The summed E-state index contributed by atoms with van der Waals surface area (Å²) in [4.78, 5) is 38.1. The van der Waals surface area contributed by atoms with Crippen molar-refractivity contribution in [1.29, 1.82) is 0 Å². The molecule has 1 fully saturated rings. The first kappa shape index (κ1) is 24.8. The number of benzene rings is 1. The van der Waals surface area contributed by atoms with Gasteiger partial charge in [-0.1, -0.05) is 18.2 Å². The molecule has 1 aliphatic rings. The van der Waals surface area contributed by atoms with E-state index in [0.29, 0.717) is 4.57 Å². The van der Waals surface area contributed by atoms with Crippen LogP contribution in [0.15, 0.2) is 46.1 Å². The summed E-state index contributed by atoms with van der Waals surface area (Å²) in [5.74, 6) is -0.858. The Morgan fingerprint density at radius 1 is 1.33 bits per heavy atom. The number of aliphatic hydroxyl groups is 1. The van der Waals surface area contributed by atoms with Crippen LogP contribution in [0.25, 0.3) is 0 Å². The number of para-hydroxylation sites is 1. The number of alkyl halides is 1. The van der Waals surface area contributed by atoms with E-state index in [2.05, 4.69) is 5.09 Å². The number of aliphatic hydroxyl groups excluding tert-OH is 1. The van der Waals surface area contributed by atoms with Crippen LogP contribution in [-0.2, 0) is 23.4 Å². The van der Waals surface area contributed by atoms with Gasteiger partial charge in [-0.05, 0) is 39.8 Å². The van der Waals surface area contributed by atoms with E-state index in [9.17, 15) is 24.1 Å². The van der Waals surface area contributed by atoms with E-state index in [-0.39, 0.29) is 11.3 Å². The molecule has 0 amide bonds. The molecule has 2 heterocycles. The molecule has 6 atom stereocenters. The Balaban J connectivity index is 1.90. The van der Waals surface area contributed by atoms with Gasteiger partial charge >= 0.3 is 19.4 Å². The van der Waals surface area contributed by atoms with Crippen molar-refractivity contribution in [3.63, 3.8) is 0 Å². The van der Waals surface area contributed by atoms with E-state index in [1.54, 1.807) is 19.9 Å². The zero-order chi connectivity index (χ0) is 28.4. The summed E-state index contributed by atoms with van der Waals surface area (Å²) >= 11 is 0. The average Bonchev–Trinajstić information content (AvgIpc) is 3.11. The van der Waals surface area contributed by atoms with Gasteiger partial charge in [0, 0.05) is 11.8 Å². The van der Waals surface area contributed by atoms with Crippen LogP contribution >= 0.6 is 7.75 Å². The van der Waals surface area contributed by atoms with Gasteiger partial charge in [0.1, 0.15) is 24.0 Å². The van der Waals surface area contributed by atoms with Crippen molar-refractivity contribution in [1.82, 2.24) is 14.6 Å². The van der Waals surface area contributed by atoms with Crippen molar-refractivity contribution in [2.45, 2.75) is 64.4 Å². The quantitative estimate of drug-likeness (QED) is 0.304. The number of rotatable bonds is 10. The number of carbonyl (C=O) groups excluding carboxylic acids is 1. The maximum absolute atomic E-state index is 15.1. The van der Waals surface area contributed by atoms with Crippen LogP contribution in [0.2, 0.25) is 0 Å². The fourth-order valence-electron chi connectivity index (χ4n) is 3.17. The van der Waals surface area contributed by atoms with Crippen LogP contribution in [0.4, 0.5) is 4.39 Å². The lowest BCUT2D eigenvalue weighted by Gasteiger charge is -2.25. The summed E-state index contributed by atoms with van der Waals surface area (Å²) < 4.78 is 67.1. The van der Waals surface area contributed by atoms with Gasteiger partial charge in [-0.25, -0.2) is 13.8 Å². The van der Waals surface area contributed by atoms with Crippen molar-refractivity contribution >= 4 is 13.7 Å². The number of ether oxygens (including phenoxy) is 2. The first-order chi connectivity index (χ1) is 17.6. The molecule has 1 saturated heterocycles. The Hall–Kier alpha value is -2.83. The Kier molecular flexibility index (Phi) is 7.93. The fourth-order valence-corrected chi connectivity index (χ4v) is 4.53. The zero-order valence-corrected chi connectivity index (χ0v) is 20.8. The number of H-pyrrole nitrogens is 1. The number of hydrogen-bond donors (Lipinski definition) is 3. The number of nitrogens with zero attached hydrogens (tertiary/aromatic N) is 1. The largest absolute Gasteiger partial charge is 0.462 e. The van der Waals surface area contributed by atoms with Crippen molar-refractivity contribution in [3.8, 4) is 5.75 Å². The molecule has 36 heavy (non-hydrogen) atoms. The summed E-state index contributed by atoms with van der Waals surface area (Å²) in [7, 11) is -4.79. The summed E-state index contributed by atoms with van der Waals surface area (Å²) in [5.41, 5.74) is -1.74. The number of aromatic amines is 1. The molecule has 198 valence electrons. The monoisotopic (exact) mass is 531 g/mol. The topological polar surface area (TPSA) is 158 Å². The molecular formula is C22H29FN3O9P. The first-order valence-corrected chi connectivity index (χ1v) is 12.5. The third kappa shape index (κ3) is 6.68. The molecule has 3 N–H and O–H groups in total. The molecule has 1 aliphatic heterocycles. The van der Waals surface area contributed by atoms with Gasteiger partial charge in [-0.3, -0.25) is 23.7 Å². The first-order valence-electron chi connectivity index (χ1n) is 12.0. The van der Waals surface area contributed by atoms with E-state index in [0.717, 1.165) is 6.20 Å². The normalized spacial score (nSPS) is 25.5. The van der Waals surface area contributed by atoms with Crippen molar-refractivity contribution in [2.75, 3.05) is 6.56 Å². The smallest absolute Gasteiger partial charge is 0.459 e. The minimum Gasteiger partial charge on any atom is -0.462 e. The summed E-state index contributed by atoms with van der Waals surface area (Å²) in [6, 6.07) is 6.20. The molecular weight excluding hydrogens is 500 g/mol. The molecule has 1 aromatic heterocycles. The van der Waals surface area contributed by atoms with Crippen molar-refractivity contribution < 1.29 is 40.1 Å². The average molecular weight is 531 g/mol. The van der Waals surface area contributed by atoms with Gasteiger partial charge in [-0.2, -0.15) is 5.09 Å². The number of aromatic nitrogens is 2. The second-order valence-electron chi connectivity index (χ2n) is 8.31. The van der Waals surface area contributed by atoms with Crippen LogP contribution in [0.3, 0.4) is 0 Å². The van der Waals surface area contributed by atoms with E-state index >= 15 is 4.39 Å². The third-order valence-electron chi connectivity index (χ3n) is 4.93. The maximum Gasteiger partial charge on any atom is 0.459 e. The maximum atomic E-state index is 15.1. The van der Waals surface area contributed by atoms with Crippen LogP contribution in [0, 0.1) is 6.92 Å². The highest BCUT2D eigenvalue weighted by Crippen LogP contribution is 2.46. The van der Waals surface area contributed by atoms with Gasteiger partial charge in [0.05, 0.1) is 15.4 Å². The zero-order valence-electron chi connectivity index (χ0n) is 21.9. The molecule has 0 spiro atoms. The number of nitrogens with one attached hydrogen (secondary N) is 2. The second kappa shape index (κ2) is 11.5. The minimum absolute atomic E-state index is 0.0204. The molecule has 3 rings (SSSR count). The minimum atomic E-state index is -4.79. The van der Waals surface area contributed by atoms with Crippen molar-refractivity contribution in [2.24, 2.45) is 0 Å². The van der Waals surface area contributed by atoms with Gasteiger partial charge < -0.3 is 19.1 Å². The highest BCUT2D eigenvalue weighted by atomic mass is 31.2. The molecule has 14 heteroatoms. The Bertz CT molecular complexity index is 1310. The molecule has 0 saturated carbocycles. The fraction of sp³-hybridized carbons (Fsp3) is 0.500. The van der Waals surface area contributed by atoms with Gasteiger partial charge in [-0.15, -0.1) is 0 Å². The highest BCUT2D eigenvalue weighted by Gasteiger charge is 2.47. The third-order valence-corrected chi connectivity index (χ3v) is 6.43. The summed E-state index contributed by atoms with van der Waals surface area (Å²) in [5, 5.41) is 12.8.